The first kappa shape index (κ1) is 18.0. The van der Waals surface area contributed by atoms with Crippen molar-refractivity contribution in [1.82, 2.24) is 15.0 Å². The van der Waals surface area contributed by atoms with Crippen LogP contribution in [0.3, 0.4) is 0 Å². The predicted molar refractivity (Wildman–Crippen MR) is 89.5 cm³/mol. The summed E-state index contributed by atoms with van der Waals surface area (Å²) in [5, 5.41) is 8.00. The van der Waals surface area contributed by atoms with Gasteiger partial charge >= 0.3 is 6.18 Å². The molecule has 1 aliphatic carbocycles. The number of nitrogens with zero attached hydrogens (tertiary/aromatic N) is 3. The second kappa shape index (κ2) is 6.18. The molecular weight excluding hydrogens is 331 g/mol. The molecule has 0 aliphatic heterocycles. The lowest BCUT2D eigenvalue weighted by atomic mass is 9.68. The molecule has 0 saturated heterocycles. The second-order valence-electron chi connectivity index (χ2n) is 8.13. The van der Waals surface area contributed by atoms with Crippen molar-refractivity contribution in [3.8, 4) is 5.75 Å². The highest BCUT2D eigenvalue weighted by atomic mass is 19.4. The summed E-state index contributed by atoms with van der Waals surface area (Å²) in [6.45, 7) is 8.67. The van der Waals surface area contributed by atoms with Crippen LogP contribution in [0.15, 0.2) is 12.1 Å². The first-order chi connectivity index (χ1) is 11.6. The molecule has 25 heavy (non-hydrogen) atoms. The van der Waals surface area contributed by atoms with Gasteiger partial charge in [0, 0.05) is 6.07 Å². The molecule has 0 N–H and O–H groups in total. The Labute approximate surface area is 145 Å². The molecule has 0 unspecified atom stereocenters. The monoisotopic (exact) mass is 355 g/mol. The van der Waals surface area contributed by atoms with Crippen LogP contribution in [0.5, 0.6) is 5.75 Å². The van der Waals surface area contributed by atoms with Crippen LogP contribution < -0.4 is 4.74 Å². The molecule has 1 aliphatic rings. The van der Waals surface area contributed by atoms with Crippen molar-refractivity contribution in [3.05, 3.63) is 17.7 Å². The van der Waals surface area contributed by atoms with E-state index >= 15 is 0 Å². The van der Waals surface area contributed by atoms with E-state index in [0.29, 0.717) is 12.5 Å². The lowest BCUT2D eigenvalue weighted by molar-refractivity contribution is -0.136. The Balaban J connectivity index is 1.97. The molecule has 1 heterocycles. The minimum absolute atomic E-state index is 0.0335. The summed E-state index contributed by atoms with van der Waals surface area (Å²) in [7, 11) is 0. The maximum absolute atomic E-state index is 13.6. The highest BCUT2D eigenvalue weighted by molar-refractivity contribution is 5.81. The summed E-state index contributed by atoms with van der Waals surface area (Å²) in [6, 6.07) is 2.60. The fourth-order valence-electron chi connectivity index (χ4n) is 3.41. The van der Waals surface area contributed by atoms with E-state index in [4.69, 9.17) is 4.74 Å². The highest BCUT2D eigenvalue weighted by Gasteiger charge is 2.41. The summed E-state index contributed by atoms with van der Waals surface area (Å²) in [6.07, 6.45) is -2.09. The summed E-state index contributed by atoms with van der Waals surface area (Å²) >= 11 is 0. The number of hydrogen-bond acceptors (Lipinski definition) is 3. The first-order valence-corrected chi connectivity index (χ1v) is 8.66. The van der Waals surface area contributed by atoms with Gasteiger partial charge in [-0.3, -0.25) is 0 Å². The first-order valence-electron chi connectivity index (χ1n) is 8.66. The molecule has 2 aromatic rings. The van der Waals surface area contributed by atoms with E-state index in [1.54, 1.807) is 6.07 Å². The fourth-order valence-corrected chi connectivity index (χ4v) is 3.41. The molecule has 1 fully saturated rings. The minimum atomic E-state index is -4.48. The van der Waals surface area contributed by atoms with Crippen molar-refractivity contribution < 1.29 is 17.9 Å². The van der Waals surface area contributed by atoms with Gasteiger partial charge in [0.1, 0.15) is 16.8 Å². The van der Waals surface area contributed by atoms with Gasteiger partial charge in [-0.05, 0) is 36.7 Å². The maximum Gasteiger partial charge on any atom is 0.418 e. The Hall–Kier alpha value is -1.79. The predicted octanol–water partition coefficient (Wildman–Crippen LogP) is 5.24. The molecule has 0 spiro atoms. The number of rotatable bonds is 5. The number of alkyl halides is 3. The van der Waals surface area contributed by atoms with Crippen LogP contribution in [0.4, 0.5) is 13.2 Å². The average Bonchev–Trinajstić information content (AvgIpc) is 2.85. The van der Waals surface area contributed by atoms with Crippen molar-refractivity contribution in [2.24, 2.45) is 11.3 Å². The molecule has 0 radical (unpaired) electrons. The summed E-state index contributed by atoms with van der Waals surface area (Å²) in [4.78, 5) is 0. The minimum Gasteiger partial charge on any atom is -0.493 e. The quantitative estimate of drug-likeness (QED) is 0.737. The average molecular weight is 355 g/mol. The van der Waals surface area contributed by atoms with Crippen molar-refractivity contribution in [2.75, 3.05) is 6.61 Å². The zero-order valence-corrected chi connectivity index (χ0v) is 15.0. The van der Waals surface area contributed by atoms with Gasteiger partial charge in [-0.25, -0.2) is 4.68 Å². The smallest absolute Gasteiger partial charge is 0.418 e. The lowest BCUT2D eigenvalue weighted by Crippen LogP contribution is -2.34. The third-order valence-electron chi connectivity index (χ3n) is 4.73. The van der Waals surface area contributed by atoms with Gasteiger partial charge in [-0.15, -0.1) is 5.10 Å². The van der Waals surface area contributed by atoms with E-state index in [9.17, 15) is 13.2 Å². The molecule has 1 saturated carbocycles. The van der Waals surface area contributed by atoms with Gasteiger partial charge in [-0.2, -0.15) is 13.2 Å². The van der Waals surface area contributed by atoms with E-state index in [1.165, 1.54) is 4.68 Å². The van der Waals surface area contributed by atoms with E-state index in [-0.39, 0.29) is 28.2 Å². The Morgan fingerprint density at radius 1 is 1.28 bits per heavy atom. The Kier molecular flexibility index (Phi) is 4.45. The summed E-state index contributed by atoms with van der Waals surface area (Å²) in [5.74, 6) is 0.620. The SMILES string of the molecule is CC(C)CCOc1cc(C(F)(F)F)c2c(c1)nnn2C1CC(C)(C)C1. The van der Waals surface area contributed by atoms with E-state index in [2.05, 4.69) is 24.2 Å². The van der Waals surface area contributed by atoms with Crippen molar-refractivity contribution in [2.45, 2.75) is 59.2 Å². The highest BCUT2D eigenvalue weighted by Crippen LogP contribution is 2.49. The Morgan fingerprint density at radius 3 is 2.52 bits per heavy atom. The van der Waals surface area contributed by atoms with E-state index in [1.807, 2.05) is 13.8 Å². The zero-order valence-electron chi connectivity index (χ0n) is 15.0. The number of aromatic nitrogens is 3. The third-order valence-corrected chi connectivity index (χ3v) is 4.73. The molecule has 1 aromatic heterocycles. The van der Waals surface area contributed by atoms with Gasteiger partial charge in [0.2, 0.25) is 0 Å². The third kappa shape index (κ3) is 3.75. The Morgan fingerprint density at radius 2 is 1.96 bits per heavy atom. The fraction of sp³-hybridized carbons (Fsp3) is 0.667. The van der Waals surface area contributed by atoms with Gasteiger partial charge < -0.3 is 4.74 Å². The van der Waals surface area contributed by atoms with Gasteiger partial charge in [-0.1, -0.05) is 32.9 Å². The molecule has 4 nitrogen and oxygen atoms in total. The van der Waals surface area contributed by atoms with Gasteiger partial charge in [0.15, 0.2) is 0 Å². The second-order valence-corrected chi connectivity index (χ2v) is 8.13. The number of hydrogen-bond donors (Lipinski definition) is 0. The number of halogens is 3. The van der Waals surface area contributed by atoms with Gasteiger partial charge in [0.05, 0.1) is 18.2 Å². The summed E-state index contributed by atoms with van der Waals surface area (Å²) in [5.41, 5.74) is -0.288. The standard InChI is InChI=1S/C18H24F3N3O/c1-11(2)5-6-25-13-7-14(18(19,20)21)16-15(8-13)22-23-24(16)12-9-17(3,4)10-12/h7-8,11-12H,5-6,9-10H2,1-4H3. The van der Waals surface area contributed by atoms with Crippen LogP contribution >= 0.6 is 0 Å². The van der Waals surface area contributed by atoms with Crippen molar-refractivity contribution in [3.63, 3.8) is 0 Å². The number of benzene rings is 1. The topological polar surface area (TPSA) is 39.9 Å². The van der Waals surface area contributed by atoms with Crippen molar-refractivity contribution in [1.29, 1.82) is 0 Å². The van der Waals surface area contributed by atoms with Crippen LogP contribution in [0.25, 0.3) is 11.0 Å². The zero-order chi connectivity index (χ0) is 18.4. The van der Waals surface area contributed by atoms with Crippen LogP contribution in [0, 0.1) is 11.3 Å². The van der Waals surface area contributed by atoms with Crippen LogP contribution in [0.1, 0.15) is 58.6 Å². The molecule has 3 rings (SSSR count). The largest absolute Gasteiger partial charge is 0.493 e. The summed E-state index contributed by atoms with van der Waals surface area (Å²) < 4.78 is 47.8. The molecule has 0 amide bonds. The normalized spacial score (nSPS) is 17.9. The molecule has 1 aromatic carbocycles. The van der Waals surface area contributed by atoms with Crippen molar-refractivity contribution >= 4 is 11.0 Å². The molecular formula is C18H24F3N3O. The molecule has 0 bridgehead atoms. The number of ether oxygens (including phenoxy) is 1. The number of fused-ring (bicyclic) bond motifs is 1. The van der Waals surface area contributed by atoms with Gasteiger partial charge in [0.25, 0.3) is 0 Å². The van der Waals surface area contributed by atoms with E-state index < -0.39 is 11.7 Å². The molecule has 7 heteroatoms. The molecule has 0 atom stereocenters. The lowest BCUT2D eigenvalue weighted by Gasteiger charge is -2.42. The molecule has 138 valence electrons. The van der Waals surface area contributed by atoms with E-state index in [0.717, 1.165) is 25.3 Å². The maximum atomic E-state index is 13.6. The van der Waals surface area contributed by atoms with Crippen LogP contribution in [0.2, 0.25) is 0 Å². The van der Waals surface area contributed by atoms with Crippen LogP contribution in [-0.2, 0) is 6.18 Å². The Bertz CT molecular complexity index is 757. The van der Waals surface area contributed by atoms with Crippen LogP contribution in [-0.4, -0.2) is 21.6 Å².